The SMILES string of the molecule is O=C(CCC(NC(=O)c1ccc(CN(CCSC(c2ccccc2)(c2ccccc2)c2ccccc2)CC(=O)NCCSC(c2ccccc2)(c2ccccc2)c2ccccc2)cc1)C(=O)NCCCCCCO[C@@H]1O[C@H](CO)[C@H](O)[C@H](O)[C@H]1O)NCCCCCCO[C@@H]1O[C@H](CO)[C@H](O)[C@H](O)[C@H]1O. The number of thioether (sulfide) groups is 2. The molecule has 0 aromatic heterocycles. The summed E-state index contributed by atoms with van der Waals surface area (Å²) < 4.78 is 20.9. The molecule has 2 saturated heterocycles. The lowest BCUT2D eigenvalue weighted by atomic mass is 9.84. The van der Waals surface area contributed by atoms with Crippen LogP contribution in [0.15, 0.2) is 206 Å². The summed E-state index contributed by atoms with van der Waals surface area (Å²) in [4.78, 5) is 58.2. The molecule has 0 radical (unpaired) electrons. The zero-order valence-electron chi connectivity index (χ0n) is 58.6. The van der Waals surface area contributed by atoms with E-state index in [1.54, 1.807) is 23.9 Å². The van der Waals surface area contributed by atoms with Gasteiger partial charge in [-0.3, -0.25) is 24.1 Å². The van der Waals surface area contributed by atoms with Crippen molar-refractivity contribution in [1.29, 1.82) is 0 Å². The minimum atomic E-state index is -1.55. The Morgan fingerprint density at radius 3 is 1.24 bits per heavy atom. The number of carbonyl (C=O) groups is 4. The highest BCUT2D eigenvalue weighted by Crippen LogP contribution is 2.50. The van der Waals surface area contributed by atoms with Gasteiger partial charge in [-0.25, -0.2) is 0 Å². The molecule has 9 rings (SSSR count). The third-order valence-corrected chi connectivity index (χ3v) is 21.9. The van der Waals surface area contributed by atoms with Gasteiger partial charge in [0.25, 0.3) is 5.91 Å². The van der Waals surface area contributed by atoms with Crippen LogP contribution >= 0.6 is 23.5 Å². The van der Waals surface area contributed by atoms with Crippen molar-refractivity contribution in [2.45, 2.75) is 148 Å². The Balaban J connectivity index is 0.845. The molecule has 11 atom stereocenters. The van der Waals surface area contributed by atoms with Crippen molar-refractivity contribution in [3.05, 3.63) is 251 Å². The highest BCUT2D eigenvalue weighted by atomic mass is 32.2. The summed E-state index contributed by atoms with van der Waals surface area (Å²) in [6.45, 7) is 1.20. The summed E-state index contributed by atoms with van der Waals surface area (Å²) in [6.07, 6.45) is -8.65. The van der Waals surface area contributed by atoms with Crippen LogP contribution in [0.25, 0.3) is 0 Å². The van der Waals surface area contributed by atoms with E-state index in [4.69, 9.17) is 18.9 Å². The normalized spacial score (nSPS) is 20.9. The number of unbranched alkanes of at least 4 members (excludes halogenated alkanes) is 6. The van der Waals surface area contributed by atoms with Gasteiger partial charge in [0.15, 0.2) is 12.6 Å². The first-order chi connectivity index (χ1) is 50.7. The maximum atomic E-state index is 14.5. The van der Waals surface area contributed by atoms with E-state index < -0.39 is 102 Å². The van der Waals surface area contributed by atoms with Crippen LogP contribution in [-0.2, 0) is 49.4 Å². The highest BCUT2D eigenvalue weighted by molar-refractivity contribution is 8.00. The van der Waals surface area contributed by atoms with Crippen LogP contribution in [0.1, 0.15) is 114 Å². The van der Waals surface area contributed by atoms with Gasteiger partial charge >= 0.3 is 0 Å². The van der Waals surface area contributed by atoms with Crippen molar-refractivity contribution in [2.75, 3.05) is 70.7 Å². The van der Waals surface area contributed by atoms with Gasteiger partial charge in [-0.2, -0.15) is 0 Å². The average Bonchev–Trinajstić information content (AvgIpc) is 0.765. The van der Waals surface area contributed by atoms with E-state index in [1.165, 1.54) is 0 Å². The Morgan fingerprint density at radius 2 is 0.827 bits per heavy atom. The van der Waals surface area contributed by atoms with Crippen LogP contribution in [0.2, 0.25) is 0 Å². The first-order valence-electron chi connectivity index (χ1n) is 36.0. The Hall–Kier alpha value is -7.40. The minimum Gasteiger partial charge on any atom is -0.394 e. The average molecular weight is 1460 g/mol. The molecular formula is C81H101N5O16S2. The molecule has 2 aliphatic rings. The number of nitrogens with one attached hydrogen (secondary N) is 4. The molecule has 4 amide bonds. The van der Waals surface area contributed by atoms with Gasteiger partial charge in [0, 0.05) is 69.4 Å². The van der Waals surface area contributed by atoms with E-state index in [0.29, 0.717) is 82.6 Å². The second kappa shape index (κ2) is 42.1. The number of carbonyl (C=O) groups excluding carboxylic acids is 4. The van der Waals surface area contributed by atoms with Gasteiger partial charge in [-0.15, -0.1) is 23.5 Å². The molecule has 2 fully saturated rings. The van der Waals surface area contributed by atoms with Gasteiger partial charge in [-0.05, 0) is 83.2 Å². The Morgan fingerprint density at radius 1 is 0.442 bits per heavy atom. The minimum absolute atomic E-state index is 0.00610. The number of aliphatic hydroxyl groups excluding tert-OH is 8. The largest absolute Gasteiger partial charge is 0.394 e. The third-order valence-electron chi connectivity index (χ3n) is 18.8. The van der Waals surface area contributed by atoms with E-state index in [0.717, 1.165) is 45.4 Å². The molecule has 12 N–H and O–H groups in total. The van der Waals surface area contributed by atoms with Crippen LogP contribution < -0.4 is 21.3 Å². The Bertz CT molecular complexity index is 3450. The molecule has 21 nitrogen and oxygen atoms in total. The first kappa shape index (κ1) is 80.7. The number of rotatable bonds is 42. The van der Waals surface area contributed by atoms with E-state index in [-0.39, 0.29) is 56.5 Å². The standard InChI is InChI=1S/C81H101N5O16S2/c87-55-66-70(91)72(93)74(95)78(101-66)99-49-25-3-1-23-45-82-68(89)44-43-65(77(98)84-46-24-2-4-26-50-100-79-75(96)73(94)71(92)67(56-88)102-79)85-76(97)58-41-39-57(40-42-58)53-86(48-52-104-81(62-33-17-8-18-34-62,63-35-19-9-20-36-63)64-37-21-10-22-38-64)54-69(90)83-47-51-103-80(59-27-11-5-12-28-59,60-29-13-6-14-30-60)61-31-15-7-16-32-61/h5-22,27-42,65-67,70-75,78-79,87-88,91-96H,1-4,23-26,43-56H2,(H,82,89)(H,83,90)(H,84,98)(H,85,97)/t65?,66-,67-,70+,71+,72+,73+,74-,75-,78-,79-/m1/s1. The molecule has 104 heavy (non-hydrogen) atoms. The first-order valence-corrected chi connectivity index (χ1v) is 38.0. The van der Waals surface area contributed by atoms with Gasteiger partial charge in [0.2, 0.25) is 17.7 Å². The number of hydrogen-bond donors (Lipinski definition) is 12. The fourth-order valence-electron chi connectivity index (χ4n) is 13.2. The number of hydrogen-bond acceptors (Lipinski definition) is 19. The third kappa shape index (κ3) is 22.3. The molecule has 0 aliphatic carbocycles. The number of benzene rings is 7. The summed E-state index contributed by atoms with van der Waals surface area (Å²) in [6, 6.07) is 68.9. The van der Waals surface area contributed by atoms with Crippen molar-refractivity contribution in [3.63, 3.8) is 0 Å². The van der Waals surface area contributed by atoms with Crippen molar-refractivity contribution >= 4 is 47.2 Å². The molecule has 0 saturated carbocycles. The number of amides is 4. The van der Waals surface area contributed by atoms with Gasteiger partial charge in [0.1, 0.15) is 54.9 Å². The molecule has 7 aromatic rings. The highest BCUT2D eigenvalue weighted by Gasteiger charge is 2.46. The van der Waals surface area contributed by atoms with E-state index in [2.05, 4.69) is 172 Å². The van der Waals surface area contributed by atoms with E-state index >= 15 is 0 Å². The Labute approximate surface area is 618 Å². The van der Waals surface area contributed by atoms with Crippen LogP contribution in [0.4, 0.5) is 0 Å². The van der Waals surface area contributed by atoms with Crippen molar-refractivity contribution in [3.8, 4) is 0 Å². The molecule has 1 unspecified atom stereocenters. The van der Waals surface area contributed by atoms with Crippen LogP contribution in [0.3, 0.4) is 0 Å². The molecule has 7 aromatic carbocycles. The van der Waals surface area contributed by atoms with Gasteiger partial charge < -0.3 is 81.1 Å². The second-order valence-corrected chi connectivity index (χ2v) is 28.8. The smallest absolute Gasteiger partial charge is 0.251 e. The predicted molar refractivity (Wildman–Crippen MR) is 401 cm³/mol. The zero-order valence-corrected chi connectivity index (χ0v) is 60.3. The monoisotopic (exact) mass is 1460 g/mol. The predicted octanol–water partition coefficient (Wildman–Crippen LogP) is 6.92. The van der Waals surface area contributed by atoms with Crippen LogP contribution in [-0.4, -0.2) is 207 Å². The summed E-state index contributed by atoms with van der Waals surface area (Å²) in [5.41, 5.74) is 7.89. The lowest BCUT2D eigenvalue weighted by Gasteiger charge is -2.39. The molecule has 23 heteroatoms. The van der Waals surface area contributed by atoms with E-state index in [9.17, 15) is 60.0 Å². The molecular weight excluding hydrogens is 1360 g/mol. The zero-order chi connectivity index (χ0) is 73.5. The summed E-state index contributed by atoms with van der Waals surface area (Å²) in [5.74, 6) is -0.207. The van der Waals surface area contributed by atoms with E-state index in [1.807, 2.05) is 60.3 Å². The van der Waals surface area contributed by atoms with Crippen LogP contribution in [0, 0.1) is 0 Å². The van der Waals surface area contributed by atoms with Gasteiger partial charge in [0.05, 0.1) is 29.3 Å². The van der Waals surface area contributed by atoms with Crippen LogP contribution in [0.5, 0.6) is 0 Å². The Kier molecular flexibility index (Phi) is 32.6. The number of aliphatic hydroxyl groups is 8. The number of ether oxygens (including phenoxy) is 4. The fourth-order valence-corrected chi connectivity index (χ4v) is 16.1. The summed E-state index contributed by atoms with van der Waals surface area (Å²) >= 11 is 3.59. The summed E-state index contributed by atoms with van der Waals surface area (Å²) in [7, 11) is 0. The fraction of sp³-hybridized carbons (Fsp3) is 0.432. The lowest BCUT2D eigenvalue weighted by Crippen LogP contribution is -2.59. The van der Waals surface area contributed by atoms with Crippen molar-refractivity contribution in [1.82, 2.24) is 26.2 Å². The van der Waals surface area contributed by atoms with Crippen molar-refractivity contribution < 1.29 is 79.0 Å². The quantitative estimate of drug-likeness (QED) is 0.0136. The molecule has 2 heterocycles. The molecule has 2 aliphatic heterocycles. The number of nitrogens with zero attached hydrogens (tertiary/aromatic N) is 1. The lowest BCUT2D eigenvalue weighted by molar-refractivity contribution is -0.301. The molecule has 0 spiro atoms. The van der Waals surface area contributed by atoms with Gasteiger partial charge in [-0.1, -0.05) is 220 Å². The topological polar surface area (TPSA) is 318 Å². The second-order valence-electron chi connectivity index (χ2n) is 26.2. The molecule has 0 bridgehead atoms. The maximum Gasteiger partial charge on any atom is 0.251 e. The summed E-state index contributed by atoms with van der Waals surface area (Å²) in [5, 5.41) is 92.0. The molecule has 558 valence electrons. The maximum absolute atomic E-state index is 14.5. The van der Waals surface area contributed by atoms with Crippen molar-refractivity contribution in [2.24, 2.45) is 0 Å².